The zero-order chi connectivity index (χ0) is 18.0. The van der Waals surface area contributed by atoms with Crippen LogP contribution in [0.15, 0.2) is 30.3 Å². The van der Waals surface area contributed by atoms with Crippen molar-refractivity contribution >= 4 is 63.8 Å². The number of benzene rings is 2. The third-order valence-corrected chi connectivity index (χ3v) is 3.97. The lowest BCUT2D eigenvalue weighted by atomic mass is 10.1. The van der Waals surface area contributed by atoms with E-state index in [4.69, 9.17) is 46.4 Å². The van der Waals surface area contributed by atoms with Gasteiger partial charge in [-0.1, -0.05) is 46.4 Å². The van der Waals surface area contributed by atoms with Gasteiger partial charge in [0.05, 0.1) is 10.7 Å². The second kappa shape index (κ2) is 7.45. The number of nitrogens with one attached hydrogen (secondary N) is 3. The van der Waals surface area contributed by atoms with E-state index in [1.54, 1.807) is 24.3 Å². The lowest BCUT2D eigenvalue weighted by molar-refractivity contribution is 0.262. The Morgan fingerprint density at radius 2 is 1.60 bits per heavy atom. The molecular formula is C14H8Cl4N6O. The molecule has 1 aromatic heterocycles. The van der Waals surface area contributed by atoms with Crippen LogP contribution >= 0.6 is 46.4 Å². The van der Waals surface area contributed by atoms with E-state index >= 15 is 0 Å². The molecule has 1 heterocycles. The Hall–Kier alpha value is -2.06. The molecule has 3 N–H and O–H groups in total. The molecule has 0 atom stereocenters. The molecule has 0 spiro atoms. The SMILES string of the molecule is O=C(Nc1cc(Cl)cc(Cl)c1)Nc1c(Cl)cc(Cl)cc1-c1nnn[nH]1. The van der Waals surface area contributed by atoms with E-state index in [0.717, 1.165) is 0 Å². The number of amides is 2. The van der Waals surface area contributed by atoms with Crippen LogP contribution in [-0.2, 0) is 0 Å². The van der Waals surface area contributed by atoms with Crippen molar-refractivity contribution in [3.05, 3.63) is 50.4 Å². The number of hydrogen-bond acceptors (Lipinski definition) is 4. The van der Waals surface area contributed by atoms with Crippen molar-refractivity contribution in [2.75, 3.05) is 10.6 Å². The van der Waals surface area contributed by atoms with Gasteiger partial charge in [-0.05, 0) is 40.8 Å². The van der Waals surface area contributed by atoms with Crippen LogP contribution < -0.4 is 10.6 Å². The first kappa shape index (κ1) is 17.8. The van der Waals surface area contributed by atoms with Crippen LogP contribution in [0, 0.1) is 0 Å². The lowest BCUT2D eigenvalue weighted by Gasteiger charge is -2.13. The maximum absolute atomic E-state index is 12.3. The number of H-pyrrole nitrogens is 1. The van der Waals surface area contributed by atoms with Crippen molar-refractivity contribution in [3.8, 4) is 11.4 Å². The summed E-state index contributed by atoms with van der Waals surface area (Å²) in [4.78, 5) is 12.3. The third kappa shape index (κ3) is 4.32. The van der Waals surface area contributed by atoms with Crippen molar-refractivity contribution in [3.63, 3.8) is 0 Å². The molecule has 0 saturated carbocycles. The monoisotopic (exact) mass is 416 g/mol. The van der Waals surface area contributed by atoms with Crippen LogP contribution in [-0.4, -0.2) is 26.7 Å². The van der Waals surface area contributed by atoms with Crippen molar-refractivity contribution in [1.82, 2.24) is 20.6 Å². The van der Waals surface area contributed by atoms with E-state index in [9.17, 15) is 4.79 Å². The molecule has 7 nitrogen and oxygen atoms in total. The second-order valence-electron chi connectivity index (χ2n) is 4.80. The summed E-state index contributed by atoms with van der Waals surface area (Å²) in [5.41, 5.74) is 1.14. The van der Waals surface area contributed by atoms with Crippen LogP contribution in [0.3, 0.4) is 0 Å². The van der Waals surface area contributed by atoms with E-state index in [0.29, 0.717) is 32.1 Å². The molecule has 3 aromatic rings. The first-order valence-corrected chi connectivity index (χ1v) is 8.21. The number of halogens is 4. The highest BCUT2D eigenvalue weighted by atomic mass is 35.5. The van der Waals surface area contributed by atoms with Gasteiger partial charge in [0.1, 0.15) is 0 Å². The van der Waals surface area contributed by atoms with Gasteiger partial charge in [-0.15, -0.1) is 5.10 Å². The predicted molar refractivity (Wildman–Crippen MR) is 98.7 cm³/mol. The molecule has 0 bridgehead atoms. The predicted octanol–water partition coefficient (Wildman–Crippen LogP) is 5.12. The molecule has 25 heavy (non-hydrogen) atoms. The summed E-state index contributed by atoms with van der Waals surface area (Å²) in [5, 5.41) is 20.0. The average Bonchev–Trinajstić information content (AvgIpc) is 3.02. The Balaban J connectivity index is 1.88. The van der Waals surface area contributed by atoms with E-state index in [-0.39, 0.29) is 10.7 Å². The van der Waals surface area contributed by atoms with Gasteiger partial charge in [0.2, 0.25) is 0 Å². The van der Waals surface area contributed by atoms with Gasteiger partial charge in [-0.2, -0.15) is 0 Å². The number of carbonyl (C=O) groups excluding carboxylic acids is 1. The second-order valence-corrected chi connectivity index (χ2v) is 6.51. The number of anilines is 2. The van der Waals surface area contributed by atoms with Gasteiger partial charge < -0.3 is 10.6 Å². The molecule has 0 saturated heterocycles. The van der Waals surface area contributed by atoms with Gasteiger partial charge in [0, 0.05) is 26.3 Å². The fraction of sp³-hybridized carbons (Fsp3) is 0. The number of aromatic amines is 1. The number of tetrazole rings is 1. The molecule has 11 heteroatoms. The quantitative estimate of drug-likeness (QED) is 0.550. The van der Waals surface area contributed by atoms with E-state index in [1.807, 2.05) is 0 Å². The summed E-state index contributed by atoms with van der Waals surface area (Å²) in [6.45, 7) is 0. The molecule has 0 aliphatic rings. The maximum atomic E-state index is 12.3. The molecule has 0 fully saturated rings. The van der Waals surface area contributed by atoms with Crippen molar-refractivity contribution in [1.29, 1.82) is 0 Å². The number of aromatic nitrogens is 4. The Kier molecular flexibility index (Phi) is 5.29. The van der Waals surface area contributed by atoms with Crippen LogP contribution in [0.25, 0.3) is 11.4 Å². The molecule has 0 radical (unpaired) electrons. The van der Waals surface area contributed by atoms with E-state index < -0.39 is 6.03 Å². The highest BCUT2D eigenvalue weighted by Gasteiger charge is 2.16. The summed E-state index contributed by atoms with van der Waals surface area (Å²) in [7, 11) is 0. The van der Waals surface area contributed by atoms with Crippen molar-refractivity contribution < 1.29 is 4.79 Å². The van der Waals surface area contributed by atoms with Gasteiger partial charge in [0.25, 0.3) is 0 Å². The molecule has 128 valence electrons. The number of hydrogen-bond donors (Lipinski definition) is 3. The highest BCUT2D eigenvalue weighted by Crippen LogP contribution is 2.35. The largest absolute Gasteiger partial charge is 0.323 e. The van der Waals surface area contributed by atoms with Crippen LogP contribution in [0.2, 0.25) is 20.1 Å². The van der Waals surface area contributed by atoms with Gasteiger partial charge in [-0.25, -0.2) is 9.89 Å². The number of nitrogens with zero attached hydrogens (tertiary/aromatic N) is 3. The van der Waals surface area contributed by atoms with Gasteiger partial charge >= 0.3 is 6.03 Å². The van der Waals surface area contributed by atoms with Crippen LogP contribution in [0.1, 0.15) is 0 Å². The van der Waals surface area contributed by atoms with Crippen LogP contribution in [0.5, 0.6) is 0 Å². The number of rotatable bonds is 3. The average molecular weight is 418 g/mol. The summed E-state index contributed by atoms with van der Waals surface area (Å²) in [6.07, 6.45) is 0. The molecule has 2 amide bonds. The maximum Gasteiger partial charge on any atom is 0.323 e. The summed E-state index contributed by atoms with van der Waals surface area (Å²) >= 11 is 24.0. The summed E-state index contributed by atoms with van der Waals surface area (Å²) in [5.74, 6) is 0.297. The fourth-order valence-electron chi connectivity index (χ4n) is 2.06. The standard InChI is InChI=1S/C14H8Cl4N6O/c15-6-1-7(16)3-9(2-6)19-14(25)20-12-10(13-21-23-24-22-13)4-8(17)5-11(12)18/h1-5H,(H2,19,20,25)(H,21,22,23,24). The Morgan fingerprint density at radius 3 is 2.24 bits per heavy atom. The number of urea groups is 1. The van der Waals surface area contributed by atoms with Gasteiger partial charge in [0.15, 0.2) is 5.82 Å². The highest BCUT2D eigenvalue weighted by molar-refractivity contribution is 6.38. The Bertz CT molecular complexity index is 911. The molecule has 2 aromatic carbocycles. The molecular weight excluding hydrogens is 410 g/mol. The molecule has 3 rings (SSSR count). The third-order valence-electron chi connectivity index (χ3n) is 3.01. The molecule has 0 aliphatic carbocycles. The zero-order valence-electron chi connectivity index (χ0n) is 12.1. The zero-order valence-corrected chi connectivity index (χ0v) is 15.2. The normalized spacial score (nSPS) is 10.6. The minimum absolute atomic E-state index is 0.221. The minimum Gasteiger partial charge on any atom is -0.308 e. The topological polar surface area (TPSA) is 95.6 Å². The van der Waals surface area contributed by atoms with Crippen molar-refractivity contribution in [2.45, 2.75) is 0 Å². The summed E-state index contributed by atoms with van der Waals surface area (Å²) in [6, 6.07) is 7.16. The smallest absolute Gasteiger partial charge is 0.308 e. The Morgan fingerprint density at radius 1 is 0.920 bits per heavy atom. The Labute approximate surface area is 161 Å². The molecule has 0 unspecified atom stereocenters. The van der Waals surface area contributed by atoms with E-state index in [1.165, 1.54) is 6.07 Å². The van der Waals surface area contributed by atoms with Crippen LogP contribution in [0.4, 0.5) is 16.2 Å². The number of carbonyl (C=O) groups is 1. The van der Waals surface area contributed by atoms with Crippen molar-refractivity contribution in [2.24, 2.45) is 0 Å². The van der Waals surface area contributed by atoms with Gasteiger partial charge in [-0.3, -0.25) is 0 Å². The lowest BCUT2D eigenvalue weighted by Crippen LogP contribution is -2.20. The summed E-state index contributed by atoms with van der Waals surface area (Å²) < 4.78 is 0. The first-order chi connectivity index (χ1) is 11.9. The molecule has 0 aliphatic heterocycles. The van der Waals surface area contributed by atoms with E-state index in [2.05, 4.69) is 31.3 Å². The first-order valence-electron chi connectivity index (χ1n) is 6.69. The fourth-order valence-corrected chi connectivity index (χ4v) is 3.13. The minimum atomic E-state index is -0.559.